The van der Waals surface area contributed by atoms with E-state index >= 15 is 0 Å². The SMILES string of the molecule is O=C(O)CCn1c(=O)n2n(c1=O)C(C(=O)O)CCC2. The quantitative estimate of drug-likeness (QED) is 0.702. The van der Waals surface area contributed by atoms with E-state index in [9.17, 15) is 19.2 Å². The third kappa shape index (κ3) is 2.18. The first-order chi connectivity index (χ1) is 8.93. The van der Waals surface area contributed by atoms with Gasteiger partial charge in [-0.15, -0.1) is 0 Å². The van der Waals surface area contributed by atoms with Gasteiger partial charge in [0.2, 0.25) is 0 Å². The van der Waals surface area contributed by atoms with Crippen LogP contribution in [0.4, 0.5) is 0 Å². The Balaban J connectivity index is 2.50. The lowest BCUT2D eigenvalue weighted by atomic mass is 10.1. The van der Waals surface area contributed by atoms with Crippen molar-refractivity contribution < 1.29 is 19.8 Å². The fourth-order valence-electron chi connectivity index (χ4n) is 2.23. The zero-order chi connectivity index (χ0) is 14.2. The Morgan fingerprint density at radius 3 is 2.47 bits per heavy atom. The normalized spacial score (nSPS) is 18.0. The van der Waals surface area contributed by atoms with Gasteiger partial charge in [-0.3, -0.25) is 4.79 Å². The van der Waals surface area contributed by atoms with Crippen molar-refractivity contribution in [2.45, 2.75) is 38.4 Å². The van der Waals surface area contributed by atoms with E-state index in [1.807, 2.05) is 0 Å². The predicted octanol–water partition coefficient (Wildman–Crippen LogP) is -1.29. The number of carbonyl (C=O) groups is 2. The van der Waals surface area contributed by atoms with Crippen molar-refractivity contribution in [1.29, 1.82) is 0 Å². The lowest BCUT2D eigenvalue weighted by Gasteiger charge is -2.21. The molecule has 0 spiro atoms. The van der Waals surface area contributed by atoms with Crippen LogP contribution in [0.3, 0.4) is 0 Å². The standard InChI is InChI=1S/C10H13N3O6/c14-7(15)3-5-11-9(18)12-4-1-2-6(8(16)17)13(12)10(11)19/h6H,1-5H2,(H,14,15)(H,16,17). The summed E-state index contributed by atoms with van der Waals surface area (Å²) in [6.45, 7) is 0.00423. The first-order valence-corrected chi connectivity index (χ1v) is 5.80. The number of rotatable bonds is 4. The molecule has 2 rings (SSSR count). The zero-order valence-electron chi connectivity index (χ0n) is 9.98. The number of hydrogen-bond donors (Lipinski definition) is 2. The number of aromatic nitrogens is 3. The molecule has 1 aliphatic heterocycles. The van der Waals surface area contributed by atoms with Crippen LogP contribution < -0.4 is 11.4 Å². The molecule has 9 heteroatoms. The molecule has 2 heterocycles. The van der Waals surface area contributed by atoms with Gasteiger partial charge in [-0.05, 0) is 12.8 Å². The summed E-state index contributed by atoms with van der Waals surface area (Å²) in [6, 6.07) is -1.07. The van der Waals surface area contributed by atoms with Gasteiger partial charge < -0.3 is 10.2 Å². The van der Waals surface area contributed by atoms with Crippen LogP contribution in [0, 0.1) is 0 Å². The second-order valence-electron chi connectivity index (χ2n) is 4.32. The molecule has 1 aromatic rings. The van der Waals surface area contributed by atoms with E-state index in [0.29, 0.717) is 6.42 Å². The van der Waals surface area contributed by atoms with Crippen molar-refractivity contribution in [2.24, 2.45) is 0 Å². The summed E-state index contributed by atoms with van der Waals surface area (Å²) in [4.78, 5) is 45.5. The molecule has 0 bridgehead atoms. The summed E-state index contributed by atoms with van der Waals surface area (Å²) in [6.07, 6.45) is 0.397. The van der Waals surface area contributed by atoms with E-state index in [-0.39, 0.29) is 25.9 Å². The zero-order valence-corrected chi connectivity index (χ0v) is 9.98. The minimum Gasteiger partial charge on any atom is -0.481 e. The minimum atomic E-state index is -1.18. The summed E-state index contributed by atoms with van der Waals surface area (Å²) in [5.41, 5.74) is -1.42. The molecule has 104 valence electrons. The van der Waals surface area contributed by atoms with Gasteiger partial charge in [0.1, 0.15) is 0 Å². The number of fused-ring (bicyclic) bond motifs is 1. The van der Waals surface area contributed by atoms with E-state index in [4.69, 9.17) is 10.2 Å². The number of carboxylic acid groups (broad SMARTS) is 2. The lowest BCUT2D eigenvalue weighted by Crippen LogP contribution is -2.38. The van der Waals surface area contributed by atoms with Crippen LogP contribution in [0.2, 0.25) is 0 Å². The highest BCUT2D eigenvalue weighted by Crippen LogP contribution is 2.17. The fourth-order valence-corrected chi connectivity index (χ4v) is 2.23. The predicted molar refractivity (Wildman–Crippen MR) is 61.1 cm³/mol. The van der Waals surface area contributed by atoms with Gasteiger partial charge in [0.15, 0.2) is 6.04 Å². The number of carboxylic acids is 2. The highest BCUT2D eigenvalue weighted by Gasteiger charge is 2.30. The van der Waals surface area contributed by atoms with Gasteiger partial charge in [-0.2, -0.15) is 0 Å². The van der Waals surface area contributed by atoms with Crippen LogP contribution in [0.15, 0.2) is 9.59 Å². The summed E-state index contributed by atoms with van der Waals surface area (Å²) >= 11 is 0. The highest BCUT2D eigenvalue weighted by atomic mass is 16.4. The second-order valence-corrected chi connectivity index (χ2v) is 4.32. The van der Waals surface area contributed by atoms with E-state index < -0.39 is 29.4 Å². The van der Waals surface area contributed by atoms with Gasteiger partial charge in [0.25, 0.3) is 0 Å². The molecule has 0 amide bonds. The van der Waals surface area contributed by atoms with Crippen LogP contribution in [-0.4, -0.2) is 36.1 Å². The molecule has 0 saturated heterocycles. The molecule has 0 radical (unpaired) electrons. The summed E-state index contributed by atoms with van der Waals surface area (Å²) in [5, 5.41) is 17.6. The Hall–Kier alpha value is -2.32. The largest absolute Gasteiger partial charge is 0.481 e. The number of nitrogens with zero attached hydrogens (tertiary/aromatic N) is 3. The first kappa shape index (κ1) is 13.1. The number of hydrogen-bond acceptors (Lipinski definition) is 4. The molecule has 0 aromatic carbocycles. The molecule has 1 aliphatic rings. The van der Waals surface area contributed by atoms with Crippen molar-refractivity contribution in [3.05, 3.63) is 21.0 Å². The van der Waals surface area contributed by atoms with Gasteiger partial charge in [-0.1, -0.05) is 0 Å². The molecule has 19 heavy (non-hydrogen) atoms. The van der Waals surface area contributed by atoms with Crippen LogP contribution >= 0.6 is 0 Å². The first-order valence-electron chi connectivity index (χ1n) is 5.80. The van der Waals surface area contributed by atoms with Crippen LogP contribution in [0.1, 0.15) is 25.3 Å². The van der Waals surface area contributed by atoms with E-state index in [1.165, 1.54) is 0 Å². The maximum absolute atomic E-state index is 12.0. The summed E-state index contributed by atoms with van der Waals surface area (Å²) in [7, 11) is 0. The number of aliphatic carboxylic acids is 2. The van der Waals surface area contributed by atoms with Gasteiger partial charge >= 0.3 is 23.3 Å². The average Bonchev–Trinajstić information content (AvgIpc) is 2.59. The van der Waals surface area contributed by atoms with Crippen LogP contribution in [0.25, 0.3) is 0 Å². The molecule has 1 unspecified atom stereocenters. The smallest absolute Gasteiger partial charge is 0.347 e. The Morgan fingerprint density at radius 1 is 1.21 bits per heavy atom. The molecule has 9 nitrogen and oxygen atoms in total. The van der Waals surface area contributed by atoms with E-state index in [2.05, 4.69) is 0 Å². The Labute approximate surface area is 106 Å². The molecule has 0 fully saturated rings. The van der Waals surface area contributed by atoms with Crippen molar-refractivity contribution in [3.63, 3.8) is 0 Å². The average molecular weight is 271 g/mol. The maximum atomic E-state index is 12.0. The third-order valence-corrected chi connectivity index (χ3v) is 3.12. The second kappa shape index (κ2) is 4.75. The van der Waals surface area contributed by atoms with Gasteiger partial charge in [-0.25, -0.2) is 28.3 Å². The fraction of sp³-hybridized carbons (Fsp3) is 0.600. The molecule has 0 aliphatic carbocycles. The van der Waals surface area contributed by atoms with Crippen LogP contribution in [0.5, 0.6) is 0 Å². The Kier molecular flexibility index (Phi) is 3.28. The van der Waals surface area contributed by atoms with Crippen molar-refractivity contribution >= 4 is 11.9 Å². The third-order valence-electron chi connectivity index (χ3n) is 3.12. The minimum absolute atomic E-state index is 0.258. The highest BCUT2D eigenvalue weighted by molar-refractivity contribution is 5.71. The molecular formula is C10H13N3O6. The van der Waals surface area contributed by atoms with Gasteiger partial charge in [0, 0.05) is 13.1 Å². The van der Waals surface area contributed by atoms with E-state index in [0.717, 1.165) is 13.9 Å². The van der Waals surface area contributed by atoms with Crippen molar-refractivity contribution in [1.82, 2.24) is 13.9 Å². The monoisotopic (exact) mass is 271 g/mol. The van der Waals surface area contributed by atoms with Gasteiger partial charge in [0.05, 0.1) is 6.42 Å². The molecule has 0 saturated carbocycles. The maximum Gasteiger partial charge on any atom is 0.347 e. The van der Waals surface area contributed by atoms with Crippen molar-refractivity contribution in [2.75, 3.05) is 0 Å². The summed E-state index contributed by atoms with van der Waals surface area (Å²) in [5.74, 6) is -2.30. The Morgan fingerprint density at radius 2 is 1.89 bits per heavy atom. The van der Waals surface area contributed by atoms with Crippen LogP contribution in [-0.2, 0) is 22.7 Å². The summed E-state index contributed by atoms with van der Waals surface area (Å²) < 4.78 is 2.76. The van der Waals surface area contributed by atoms with E-state index in [1.54, 1.807) is 0 Å². The topological polar surface area (TPSA) is 124 Å². The lowest BCUT2D eigenvalue weighted by molar-refractivity contribution is -0.142. The van der Waals surface area contributed by atoms with Crippen molar-refractivity contribution in [3.8, 4) is 0 Å². The molecule has 1 atom stereocenters. The Bertz CT molecular complexity index is 637. The molecular weight excluding hydrogens is 258 g/mol. The molecule has 2 N–H and O–H groups in total. The molecule has 1 aromatic heterocycles.